The number of fused-ring (bicyclic) bond motifs is 1. The van der Waals surface area contributed by atoms with Crippen molar-refractivity contribution < 1.29 is 19.1 Å². The van der Waals surface area contributed by atoms with Gasteiger partial charge >= 0.3 is 0 Å². The van der Waals surface area contributed by atoms with E-state index in [1.165, 1.54) is 0 Å². The molecule has 1 unspecified atom stereocenters. The molecule has 0 saturated heterocycles. The van der Waals surface area contributed by atoms with Gasteiger partial charge in [-0.25, -0.2) is 0 Å². The molecular formula is C23H26Cl2N2O4. The van der Waals surface area contributed by atoms with Gasteiger partial charge in [0.1, 0.15) is 6.04 Å². The number of ether oxygens (including phenoxy) is 2. The van der Waals surface area contributed by atoms with E-state index < -0.39 is 6.04 Å². The highest BCUT2D eigenvalue weighted by Gasteiger charge is 2.26. The van der Waals surface area contributed by atoms with Crippen LogP contribution in [0.25, 0.3) is 0 Å². The van der Waals surface area contributed by atoms with Gasteiger partial charge in [-0.3, -0.25) is 9.59 Å². The number of carbonyl (C=O) groups is 2. The molecule has 2 aromatic carbocycles. The van der Waals surface area contributed by atoms with Crippen LogP contribution in [0.4, 0.5) is 0 Å². The van der Waals surface area contributed by atoms with Gasteiger partial charge in [-0.2, -0.15) is 0 Å². The predicted octanol–water partition coefficient (Wildman–Crippen LogP) is 4.60. The lowest BCUT2D eigenvalue weighted by molar-refractivity contribution is -0.140. The van der Waals surface area contributed by atoms with Gasteiger partial charge < -0.3 is 19.7 Å². The third kappa shape index (κ3) is 6.05. The van der Waals surface area contributed by atoms with E-state index in [1.807, 2.05) is 31.2 Å². The van der Waals surface area contributed by atoms with Crippen molar-refractivity contribution in [2.45, 2.75) is 45.7 Å². The Labute approximate surface area is 192 Å². The van der Waals surface area contributed by atoms with E-state index in [2.05, 4.69) is 5.32 Å². The third-order valence-electron chi connectivity index (χ3n) is 5.12. The minimum absolute atomic E-state index is 0.122. The van der Waals surface area contributed by atoms with Gasteiger partial charge in [-0.1, -0.05) is 42.3 Å². The van der Waals surface area contributed by atoms with Gasteiger partial charge in [-0.05, 0) is 55.2 Å². The molecule has 1 aliphatic heterocycles. The second kappa shape index (κ2) is 10.7. The summed E-state index contributed by atoms with van der Waals surface area (Å²) in [6.07, 6.45) is 1.60. The Hall–Kier alpha value is -2.44. The van der Waals surface area contributed by atoms with Gasteiger partial charge in [-0.15, -0.1) is 0 Å². The molecule has 166 valence electrons. The molecule has 1 N–H and O–H groups in total. The van der Waals surface area contributed by atoms with E-state index in [1.54, 1.807) is 24.0 Å². The standard InChI is InChI=1S/C23H26Cl2N2O4/c1-3-10-26-23(29)15(2)27(13-17-4-7-18(24)19(25)11-17)22(28)9-6-16-5-8-20-21(12-16)31-14-30-20/h4-5,7-8,11-12,15H,3,6,9-10,13-14H2,1-2H3,(H,26,29). The first kappa shape index (κ1) is 23.2. The summed E-state index contributed by atoms with van der Waals surface area (Å²) in [5.41, 5.74) is 1.77. The van der Waals surface area contributed by atoms with Crippen LogP contribution in [-0.4, -0.2) is 36.1 Å². The van der Waals surface area contributed by atoms with E-state index in [-0.39, 0.29) is 31.6 Å². The van der Waals surface area contributed by atoms with Gasteiger partial charge in [0.05, 0.1) is 10.0 Å². The lowest BCUT2D eigenvalue weighted by atomic mass is 10.1. The number of nitrogens with one attached hydrogen (secondary N) is 1. The summed E-state index contributed by atoms with van der Waals surface area (Å²) in [6, 6.07) is 10.2. The van der Waals surface area contributed by atoms with Gasteiger partial charge in [0.15, 0.2) is 11.5 Å². The molecule has 2 amide bonds. The number of aryl methyl sites for hydroxylation is 1. The monoisotopic (exact) mass is 464 g/mol. The molecule has 6 nitrogen and oxygen atoms in total. The summed E-state index contributed by atoms with van der Waals surface area (Å²) in [6.45, 7) is 4.75. The smallest absolute Gasteiger partial charge is 0.242 e. The zero-order valence-electron chi connectivity index (χ0n) is 17.6. The van der Waals surface area contributed by atoms with Crippen LogP contribution in [0.3, 0.4) is 0 Å². The van der Waals surface area contributed by atoms with Crippen molar-refractivity contribution in [2.75, 3.05) is 13.3 Å². The number of halogens is 2. The first-order valence-corrected chi connectivity index (χ1v) is 11.0. The second-order valence-corrected chi connectivity index (χ2v) is 8.24. The molecule has 0 aliphatic carbocycles. The summed E-state index contributed by atoms with van der Waals surface area (Å²) in [5.74, 6) is 1.09. The van der Waals surface area contributed by atoms with Gasteiger partial charge in [0.25, 0.3) is 0 Å². The average Bonchev–Trinajstić information content (AvgIpc) is 3.24. The number of amides is 2. The highest BCUT2D eigenvalue weighted by molar-refractivity contribution is 6.42. The van der Waals surface area contributed by atoms with Crippen LogP contribution in [0.2, 0.25) is 10.0 Å². The molecule has 1 atom stereocenters. The summed E-state index contributed by atoms with van der Waals surface area (Å²) in [5, 5.41) is 3.72. The average molecular weight is 465 g/mol. The van der Waals surface area contributed by atoms with E-state index in [0.29, 0.717) is 34.5 Å². The molecule has 0 radical (unpaired) electrons. The fourth-order valence-corrected chi connectivity index (χ4v) is 3.63. The van der Waals surface area contributed by atoms with Crippen LogP contribution in [0, 0.1) is 0 Å². The largest absolute Gasteiger partial charge is 0.454 e. The minimum atomic E-state index is -0.620. The van der Waals surface area contributed by atoms with E-state index >= 15 is 0 Å². The van der Waals surface area contributed by atoms with Crippen LogP contribution >= 0.6 is 23.2 Å². The SMILES string of the molecule is CCCNC(=O)C(C)N(Cc1ccc(Cl)c(Cl)c1)C(=O)CCc1ccc2c(c1)OCO2. The Morgan fingerprint density at radius 1 is 1.06 bits per heavy atom. The van der Waals surface area contributed by atoms with Crippen molar-refractivity contribution in [3.05, 3.63) is 57.6 Å². The van der Waals surface area contributed by atoms with Crippen molar-refractivity contribution in [3.8, 4) is 11.5 Å². The van der Waals surface area contributed by atoms with Crippen LogP contribution < -0.4 is 14.8 Å². The van der Waals surface area contributed by atoms with Gasteiger partial charge in [0, 0.05) is 19.5 Å². The molecule has 0 aromatic heterocycles. The summed E-state index contributed by atoms with van der Waals surface area (Å²) in [4.78, 5) is 27.3. The lowest BCUT2D eigenvalue weighted by Gasteiger charge is -2.29. The first-order chi connectivity index (χ1) is 14.9. The molecule has 0 spiro atoms. The van der Waals surface area contributed by atoms with Crippen LogP contribution in [0.1, 0.15) is 37.8 Å². The Morgan fingerprint density at radius 3 is 2.55 bits per heavy atom. The summed E-state index contributed by atoms with van der Waals surface area (Å²) >= 11 is 12.2. The molecule has 1 heterocycles. The zero-order valence-corrected chi connectivity index (χ0v) is 19.1. The number of carbonyl (C=O) groups excluding carboxylic acids is 2. The molecule has 8 heteroatoms. The fourth-order valence-electron chi connectivity index (χ4n) is 3.30. The van der Waals surface area contributed by atoms with E-state index in [4.69, 9.17) is 32.7 Å². The number of nitrogens with zero attached hydrogens (tertiary/aromatic N) is 1. The number of hydrogen-bond acceptors (Lipinski definition) is 4. The number of benzene rings is 2. The summed E-state index contributed by atoms with van der Waals surface area (Å²) in [7, 11) is 0. The predicted molar refractivity (Wildman–Crippen MR) is 121 cm³/mol. The van der Waals surface area contributed by atoms with Crippen molar-refractivity contribution in [1.29, 1.82) is 0 Å². The Bertz CT molecular complexity index is 951. The maximum absolute atomic E-state index is 13.2. The first-order valence-electron chi connectivity index (χ1n) is 10.3. The van der Waals surface area contributed by atoms with Crippen LogP contribution in [0.5, 0.6) is 11.5 Å². The highest BCUT2D eigenvalue weighted by Crippen LogP contribution is 2.33. The van der Waals surface area contributed by atoms with Gasteiger partial charge in [0.2, 0.25) is 18.6 Å². The Balaban J connectivity index is 1.72. The molecular weight excluding hydrogens is 439 g/mol. The minimum Gasteiger partial charge on any atom is -0.454 e. The molecule has 0 saturated carbocycles. The van der Waals surface area contributed by atoms with E-state index in [0.717, 1.165) is 17.5 Å². The maximum Gasteiger partial charge on any atom is 0.242 e. The molecule has 1 aliphatic rings. The second-order valence-electron chi connectivity index (χ2n) is 7.42. The molecule has 0 bridgehead atoms. The van der Waals surface area contributed by atoms with Crippen molar-refractivity contribution in [1.82, 2.24) is 10.2 Å². The maximum atomic E-state index is 13.2. The highest BCUT2D eigenvalue weighted by atomic mass is 35.5. The van der Waals surface area contributed by atoms with Crippen molar-refractivity contribution >= 4 is 35.0 Å². The number of rotatable bonds is 9. The van der Waals surface area contributed by atoms with E-state index in [9.17, 15) is 9.59 Å². The molecule has 3 rings (SSSR count). The summed E-state index contributed by atoms with van der Waals surface area (Å²) < 4.78 is 10.7. The normalized spacial score (nSPS) is 13.0. The number of hydrogen-bond donors (Lipinski definition) is 1. The Kier molecular flexibility index (Phi) is 8.04. The Morgan fingerprint density at radius 2 is 1.81 bits per heavy atom. The van der Waals surface area contributed by atoms with Crippen LogP contribution in [-0.2, 0) is 22.6 Å². The molecule has 31 heavy (non-hydrogen) atoms. The zero-order chi connectivity index (χ0) is 22.4. The van der Waals surface area contributed by atoms with Crippen molar-refractivity contribution in [3.63, 3.8) is 0 Å². The fraction of sp³-hybridized carbons (Fsp3) is 0.391. The van der Waals surface area contributed by atoms with Crippen molar-refractivity contribution in [2.24, 2.45) is 0 Å². The third-order valence-corrected chi connectivity index (χ3v) is 5.86. The lowest BCUT2D eigenvalue weighted by Crippen LogP contribution is -2.47. The quantitative estimate of drug-likeness (QED) is 0.588. The topological polar surface area (TPSA) is 67.9 Å². The van der Waals surface area contributed by atoms with Crippen LogP contribution in [0.15, 0.2) is 36.4 Å². The molecule has 2 aromatic rings. The molecule has 0 fully saturated rings.